The predicted octanol–water partition coefficient (Wildman–Crippen LogP) is 6.55. The van der Waals surface area contributed by atoms with E-state index in [2.05, 4.69) is 44.0 Å². The number of pyridine rings is 1. The number of ether oxygens (including phenoxy) is 2. The second-order valence-corrected chi connectivity index (χ2v) is 11.1. The van der Waals surface area contributed by atoms with Gasteiger partial charge in [0, 0.05) is 42.5 Å². The van der Waals surface area contributed by atoms with E-state index in [0.29, 0.717) is 62.1 Å². The second kappa shape index (κ2) is 20.1. The first kappa shape index (κ1) is 38.9. The first-order valence-corrected chi connectivity index (χ1v) is 16.0. The Morgan fingerprint density at radius 3 is 2.39 bits per heavy atom. The zero-order valence-corrected chi connectivity index (χ0v) is 28.1. The number of hydrogen-bond acceptors (Lipinski definition) is 9. The van der Waals surface area contributed by atoms with Gasteiger partial charge in [-0.05, 0) is 74.7 Å². The van der Waals surface area contributed by atoms with Crippen molar-refractivity contribution in [1.29, 1.82) is 0 Å². The lowest BCUT2D eigenvalue weighted by Crippen LogP contribution is -2.30. The molecule has 0 bridgehead atoms. The summed E-state index contributed by atoms with van der Waals surface area (Å²) in [6.07, 6.45) is -1.20. The molecular formula is C32H36ClF3N6O6S. The van der Waals surface area contributed by atoms with Gasteiger partial charge >= 0.3 is 12.2 Å². The van der Waals surface area contributed by atoms with E-state index >= 15 is 0 Å². The molecule has 0 aliphatic heterocycles. The normalized spacial score (nSPS) is 11.4. The van der Waals surface area contributed by atoms with Crippen LogP contribution in [0.1, 0.15) is 42.2 Å². The van der Waals surface area contributed by atoms with Gasteiger partial charge in [-0.1, -0.05) is 16.8 Å². The zero-order valence-electron chi connectivity index (χ0n) is 26.4. The maximum atomic E-state index is 13.1. The van der Waals surface area contributed by atoms with Gasteiger partial charge in [0.1, 0.15) is 17.2 Å². The van der Waals surface area contributed by atoms with Gasteiger partial charge in [-0.2, -0.15) is 25.8 Å². The molecule has 0 aliphatic carbocycles. The molecule has 2 aromatic carbocycles. The van der Waals surface area contributed by atoms with E-state index in [1.807, 2.05) is 0 Å². The highest BCUT2D eigenvalue weighted by Gasteiger charge is 2.33. The molecule has 3 aromatic rings. The number of unbranched alkanes of at least 4 members (excludes halogenated alkanes) is 1. The number of hydrogen-bond donors (Lipinski definition) is 5. The summed E-state index contributed by atoms with van der Waals surface area (Å²) in [5.74, 6) is 0.687. The average Bonchev–Trinajstić information content (AvgIpc) is 3.06. The van der Waals surface area contributed by atoms with Crippen molar-refractivity contribution in [3.8, 4) is 11.5 Å². The van der Waals surface area contributed by atoms with E-state index in [9.17, 15) is 27.6 Å². The predicted molar refractivity (Wildman–Crippen MR) is 183 cm³/mol. The van der Waals surface area contributed by atoms with Crippen LogP contribution >= 0.6 is 24.2 Å². The summed E-state index contributed by atoms with van der Waals surface area (Å²) >= 11 is 9.65. The van der Waals surface area contributed by atoms with Crippen LogP contribution in [0.3, 0.4) is 0 Å². The highest BCUT2D eigenvalue weighted by molar-refractivity contribution is 7.80. The Labute approximate surface area is 291 Å². The average molecular weight is 725 g/mol. The smallest absolute Gasteiger partial charge is 0.417 e. The molecule has 0 fully saturated rings. The van der Waals surface area contributed by atoms with Gasteiger partial charge < -0.3 is 35.6 Å². The van der Waals surface area contributed by atoms with Crippen molar-refractivity contribution in [2.24, 2.45) is 5.16 Å². The van der Waals surface area contributed by atoms with Gasteiger partial charge in [-0.15, -0.1) is 0 Å². The number of nitrogens with one attached hydrogen (secondary N) is 4. The maximum Gasteiger partial charge on any atom is 0.417 e. The molecule has 4 amide bonds. The van der Waals surface area contributed by atoms with Crippen LogP contribution in [0, 0.1) is 0 Å². The van der Waals surface area contributed by atoms with Crippen LogP contribution in [0.2, 0.25) is 5.02 Å². The molecule has 3 rings (SSSR count). The second-order valence-electron chi connectivity index (χ2n) is 10.3. The van der Waals surface area contributed by atoms with Gasteiger partial charge in [0.25, 0.3) is 11.8 Å². The number of thiol groups is 1. The third-order valence-corrected chi connectivity index (χ3v) is 6.82. The number of oxime groups is 1. The molecule has 49 heavy (non-hydrogen) atoms. The molecule has 1 aromatic heterocycles. The first-order chi connectivity index (χ1) is 23.4. The Balaban J connectivity index is 1.37. The van der Waals surface area contributed by atoms with Gasteiger partial charge in [-0.25, -0.2) is 4.79 Å². The summed E-state index contributed by atoms with van der Waals surface area (Å²) in [4.78, 5) is 45.8. The monoisotopic (exact) mass is 724 g/mol. The number of halogens is 4. The molecule has 0 unspecified atom stereocenters. The van der Waals surface area contributed by atoms with Crippen LogP contribution in [-0.4, -0.2) is 67.2 Å². The number of benzene rings is 2. The Bertz CT molecular complexity index is 1580. The van der Waals surface area contributed by atoms with Gasteiger partial charge in [0.15, 0.2) is 6.61 Å². The minimum Gasteiger partial charge on any atom is -0.457 e. The van der Waals surface area contributed by atoms with Gasteiger partial charge in [0.2, 0.25) is 0 Å². The Kier molecular flexibility index (Phi) is 15.9. The van der Waals surface area contributed by atoms with E-state index in [1.165, 1.54) is 30.5 Å². The van der Waals surface area contributed by atoms with Crippen molar-refractivity contribution < 1.29 is 41.9 Å². The van der Waals surface area contributed by atoms with E-state index < -0.39 is 22.8 Å². The van der Waals surface area contributed by atoms with Crippen molar-refractivity contribution in [3.63, 3.8) is 0 Å². The van der Waals surface area contributed by atoms with E-state index in [0.717, 1.165) is 24.3 Å². The summed E-state index contributed by atoms with van der Waals surface area (Å²) in [7, 11) is 0. The number of urea groups is 1. The number of amides is 4. The van der Waals surface area contributed by atoms with Crippen LogP contribution < -0.4 is 26.0 Å². The molecular weight excluding hydrogens is 689 g/mol. The van der Waals surface area contributed by atoms with E-state index in [1.54, 1.807) is 25.1 Å². The van der Waals surface area contributed by atoms with E-state index in [-0.39, 0.29) is 29.8 Å². The summed E-state index contributed by atoms with van der Waals surface area (Å²) in [6, 6.07) is 11.5. The number of alkyl halides is 3. The number of carbonyl (C=O) groups is 3. The minimum atomic E-state index is -4.67. The molecule has 264 valence electrons. The summed E-state index contributed by atoms with van der Waals surface area (Å²) in [6.45, 7) is 3.30. The number of aromatic nitrogens is 1. The van der Waals surface area contributed by atoms with Crippen LogP contribution in [0.5, 0.6) is 11.5 Å². The fourth-order valence-corrected chi connectivity index (χ4v) is 4.33. The van der Waals surface area contributed by atoms with E-state index in [4.69, 9.17) is 25.9 Å². The Hall–Kier alpha value is -4.54. The molecule has 0 atom stereocenters. The molecule has 12 nitrogen and oxygen atoms in total. The van der Waals surface area contributed by atoms with Crippen LogP contribution in [0.4, 0.5) is 29.3 Å². The standard InChI is InChI=1S/C32H36ClF3N6O6S/c1-21(42-47-20-29(43)38-14-15-46-16-17-49)4-2-3-12-39-30(44)28-19-25(11-13-37-28)48-24-8-5-22(6-9-24)40-31(45)41-23-7-10-27(33)26(18-23)32(34,35)36/h5-11,13,18-19,49H,2-4,12,14-17,20H2,1H3,(H,38,43)(H,39,44)(H2,40,41,45)/b42-21+. The lowest BCUT2D eigenvalue weighted by molar-refractivity contribution is -0.137. The SMILES string of the molecule is C/C(CCCCNC(=O)c1cc(Oc2ccc(NC(=O)Nc3ccc(Cl)c(C(F)(F)F)c3)cc2)ccn1)=N\OCC(=O)NCCOCCS. The highest BCUT2D eigenvalue weighted by Crippen LogP contribution is 2.36. The lowest BCUT2D eigenvalue weighted by Gasteiger charge is -2.12. The molecule has 0 radical (unpaired) electrons. The number of nitrogens with zero attached hydrogens (tertiary/aromatic N) is 2. The summed E-state index contributed by atoms with van der Waals surface area (Å²) in [5.41, 5.74) is 0.0759. The lowest BCUT2D eigenvalue weighted by atomic mass is 10.2. The topological polar surface area (TPSA) is 152 Å². The van der Waals surface area contributed by atoms with Crippen molar-refractivity contribution in [2.45, 2.75) is 32.4 Å². The van der Waals surface area contributed by atoms with Crippen molar-refractivity contribution in [3.05, 3.63) is 77.1 Å². The van der Waals surface area contributed by atoms with Crippen molar-refractivity contribution in [1.82, 2.24) is 15.6 Å². The third kappa shape index (κ3) is 14.6. The van der Waals surface area contributed by atoms with Crippen LogP contribution in [-0.2, 0) is 20.5 Å². The number of carbonyl (C=O) groups excluding carboxylic acids is 3. The largest absolute Gasteiger partial charge is 0.457 e. The molecule has 0 saturated heterocycles. The summed E-state index contributed by atoms with van der Waals surface area (Å²) in [5, 5.41) is 13.8. The van der Waals surface area contributed by atoms with Crippen LogP contribution in [0.15, 0.2) is 65.9 Å². The molecule has 17 heteroatoms. The molecule has 4 N–H and O–H groups in total. The minimum absolute atomic E-state index is 0.0840. The highest BCUT2D eigenvalue weighted by atomic mass is 35.5. The number of rotatable bonds is 18. The first-order valence-electron chi connectivity index (χ1n) is 15.0. The van der Waals surface area contributed by atoms with Gasteiger partial charge in [-0.3, -0.25) is 14.6 Å². The molecule has 0 spiro atoms. The van der Waals surface area contributed by atoms with Gasteiger partial charge in [0.05, 0.1) is 29.5 Å². The maximum absolute atomic E-state index is 13.1. The van der Waals surface area contributed by atoms with Crippen molar-refractivity contribution >= 4 is 59.2 Å². The quantitative estimate of drug-likeness (QED) is 0.0432. The zero-order chi connectivity index (χ0) is 35.6. The Morgan fingerprint density at radius 2 is 1.65 bits per heavy atom. The molecule has 0 saturated carbocycles. The molecule has 0 aliphatic rings. The fourth-order valence-electron chi connectivity index (χ4n) is 3.98. The fraction of sp³-hybridized carbons (Fsp3) is 0.344. The molecule has 1 heterocycles. The van der Waals surface area contributed by atoms with Crippen molar-refractivity contribution in [2.75, 3.05) is 49.3 Å². The number of anilines is 2. The summed E-state index contributed by atoms with van der Waals surface area (Å²) < 4.78 is 50.3. The van der Waals surface area contributed by atoms with Crippen LogP contribution in [0.25, 0.3) is 0 Å². The Morgan fingerprint density at radius 1 is 0.918 bits per heavy atom. The third-order valence-electron chi connectivity index (χ3n) is 6.31.